The second-order valence-electron chi connectivity index (χ2n) is 9.67. The molecule has 4 nitrogen and oxygen atoms in total. The second kappa shape index (κ2) is 8.61. The molecule has 0 saturated carbocycles. The molecule has 39 heavy (non-hydrogen) atoms. The second-order valence-corrected chi connectivity index (χ2v) is 9.67. The molecule has 3 heterocycles. The van der Waals surface area contributed by atoms with Gasteiger partial charge in [-0.15, -0.1) is 0 Å². The molecule has 0 amide bonds. The molecule has 0 aliphatic carbocycles. The topological polar surface area (TPSA) is 34.2 Å². The van der Waals surface area contributed by atoms with E-state index in [1.54, 1.807) is 0 Å². The zero-order valence-electron chi connectivity index (χ0n) is 21.0. The number of nitrogens with zero attached hydrogens (tertiary/aromatic N) is 3. The summed E-state index contributed by atoms with van der Waals surface area (Å²) < 4.78 is 8.76. The van der Waals surface area contributed by atoms with Crippen LogP contribution < -0.4 is 4.90 Å². The van der Waals surface area contributed by atoms with E-state index < -0.39 is 0 Å². The average molecular weight is 502 g/mol. The van der Waals surface area contributed by atoms with E-state index in [0.29, 0.717) is 0 Å². The van der Waals surface area contributed by atoms with Gasteiger partial charge in [0.05, 0.1) is 11.0 Å². The molecule has 0 unspecified atom stereocenters. The highest BCUT2D eigenvalue weighted by Gasteiger charge is 2.21. The fourth-order valence-electron chi connectivity index (χ4n) is 5.74. The summed E-state index contributed by atoms with van der Waals surface area (Å²) in [5.74, 6) is 0.759. The number of para-hydroxylation sites is 4. The predicted octanol–water partition coefficient (Wildman–Crippen LogP) is 9.55. The van der Waals surface area contributed by atoms with Gasteiger partial charge in [0, 0.05) is 44.8 Å². The first kappa shape index (κ1) is 21.7. The summed E-state index contributed by atoms with van der Waals surface area (Å²) in [6.45, 7) is 0. The average Bonchev–Trinajstić information content (AvgIpc) is 3.55. The van der Waals surface area contributed by atoms with Crippen molar-refractivity contribution < 1.29 is 4.42 Å². The lowest BCUT2D eigenvalue weighted by molar-refractivity contribution is 0.667. The van der Waals surface area contributed by atoms with Gasteiger partial charge in [-0.3, -0.25) is 4.90 Å². The number of hydrogen-bond donors (Lipinski definition) is 0. The van der Waals surface area contributed by atoms with Crippen molar-refractivity contribution in [2.45, 2.75) is 0 Å². The minimum Gasteiger partial charge on any atom is -0.452 e. The quantitative estimate of drug-likeness (QED) is 0.241. The van der Waals surface area contributed by atoms with Gasteiger partial charge in [-0.25, -0.2) is 4.98 Å². The molecule has 0 atom stereocenters. The zero-order chi connectivity index (χ0) is 25.8. The van der Waals surface area contributed by atoms with Crippen molar-refractivity contribution in [3.05, 3.63) is 140 Å². The molecule has 4 heteroatoms. The summed E-state index contributed by atoms with van der Waals surface area (Å²) >= 11 is 0. The summed E-state index contributed by atoms with van der Waals surface area (Å²) in [5.41, 5.74) is 7.08. The number of furan rings is 1. The summed E-state index contributed by atoms with van der Waals surface area (Å²) in [6, 6.07) is 46.4. The smallest absolute Gasteiger partial charge is 0.181 e. The molecule has 5 aromatic carbocycles. The molecule has 0 spiro atoms. The fourth-order valence-corrected chi connectivity index (χ4v) is 5.74. The van der Waals surface area contributed by atoms with Crippen LogP contribution >= 0.6 is 0 Å². The molecule has 8 rings (SSSR count). The van der Waals surface area contributed by atoms with Crippen LogP contribution in [0.2, 0.25) is 0 Å². The number of benzene rings is 5. The zero-order valence-corrected chi connectivity index (χ0v) is 21.0. The predicted molar refractivity (Wildman–Crippen MR) is 161 cm³/mol. The Morgan fingerprint density at radius 2 is 1.18 bits per heavy atom. The van der Waals surface area contributed by atoms with E-state index in [9.17, 15) is 0 Å². The molecule has 0 radical (unpaired) electrons. The van der Waals surface area contributed by atoms with E-state index in [4.69, 9.17) is 9.40 Å². The number of rotatable bonds is 4. The van der Waals surface area contributed by atoms with Crippen molar-refractivity contribution in [2.75, 3.05) is 4.90 Å². The van der Waals surface area contributed by atoms with Crippen molar-refractivity contribution in [1.29, 1.82) is 0 Å². The highest BCUT2D eigenvalue weighted by molar-refractivity contribution is 6.10. The first-order valence-corrected chi connectivity index (χ1v) is 13.1. The maximum absolute atomic E-state index is 6.42. The highest BCUT2D eigenvalue weighted by Crippen LogP contribution is 2.41. The van der Waals surface area contributed by atoms with E-state index in [-0.39, 0.29) is 0 Å². The molecule has 0 fully saturated rings. The Balaban J connectivity index is 1.39. The van der Waals surface area contributed by atoms with Gasteiger partial charge < -0.3 is 8.98 Å². The van der Waals surface area contributed by atoms with Crippen LogP contribution in [0.15, 0.2) is 144 Å². The van der Waals surface area contributed by atoms with Gasteiger partial charge in [0.1, 0.15) is 5.58 Å². The monoisotopic (exact) mass is 501 g/mol. The molecule has 0 aliphatic rings. The van der Waals surface area contributed by atoms with Crippen LogP contribution in [0.25, 0.3) is 49.4 Å². The first-order valence-electron chi connectivity index (χ1n) is 13.1. The van der Waals surface area contributed by atoms with Gasteiger partial charge in [0.25, 0.3) is 0 Å². The third-order valence-electron chi connectivity index (χ3n) is 7.43. The largest absolute Gasteiger partial charge is 0.452 e. The van der Waals surface area contributed by atoms with Crippen molar-refractivity contribution >= 4 is 60.9 Å². The third-order valence-corrected chi connectivity index (χ3v) is 7.43. The van der Waals surface area contributed by atoms with Crippen LogP contribution in [0, 0.1) is 0 Å². The van der Waals surface area contributed by atoms with Gasteiger partial charge in [0.15, 0.2) is 11.4 Å². The summed E-state index contributed by atoms with van der Waals surface area (Å²) in [5, 5.41) is 4.62. The van der Waals surface area contributed by atoms with Gasteiger partial charge in [-0.1, -0.05) is 78.9 Å². The molecule has 8 aromatic rings. The van der Waals surface area contributed by atoms with Crippen LogP contribution in [0.4, 0.5) is 17.2 Å². The number of aromatic nitrogens is 2. The van der Waals surface area contributed by atoms with E-state index in [1.807, 2.05) is 36.5 Å². The molecule has 0 aliphatic heterocycles. The summed E-state index contributed by atoms with van der Waals surface area (Å²) in [4.78, 5) is 7.06. The van der Waals surface area contributed by atoms with Crippen molar-refractivity contribution in [3.63, 3.8) is 0 Å². The maximum Gasteiger partial charge on any atom is 0.181 e. The lowest BCUT2D eigenvalue weighted by Crippen LogP contribution is -2.12. The van der Waals surface area contributed by atoms with Gasteiger partial charge in [-0.05, 0) is 54.6 Å². The number of hydrogen-bond acceptors (Lipinski definition) is 3. The number of fused-ring (bicyclic) bond motifs is 6. The van der Waals surface area contributed by atoms with Gasteiger partial charge >= 0.3 is 0 Å². The molecule has 184 valence electrons. The van der Waals surface area contributed by atoms with Crippen molar-refractivity contribution in [3.8, 4) is 5.69 Å². The Hall–Kier alpha value is -5.35. The van der Waals surface area contributed by atoms with E-state index in [1.165, 1.54) is 21.8 Å². The van der Waals surface area contributed by atoms with Crippen molar-refractivity contribution in [1.82, 2.24) is 9.55 Å². The SMILES string of the molecule is c1ccc(N(c2cccc(-n3c4ccccc4c4ccccc43)c2)c2nccc3c2oc2ccccc23)cc1. The molecule has 0 N–H and O–H groups in total. The Kier molecular flexibility index (Phi) is 4.79. The minimum absolute atomic E-state index is 0.759. The standard InChI is InChI=1S/C35H23N3O/c1-2-11-24(12-3-1)37(35-34-30(21-22-36-35)29-17-6-9-20-33(29)39-34)25-13-10-14-26(23-25)38-31-18-7-4-15-27(31)28-16-5-8-19-32(28)38/h1-23H. The minimum atomic E-state index is 0.759. The van der Waals surface area contributed by atoms with Crippen LogP contribution in [-0.2, 0) is 0 Å². The van der Waals surface area contributed by atoms with E-state index in [2.05, 4.69) is 113 Å². The molecule has 0 saturated heterocycles. The van der Waals surface area contributed by atoms with Gasteiger partial charge in [-0.2, -0.15) is 0 Å². The Labute approximate surface area is 225 Å². The van der Waals surface area contributed by atoms with Crippen LogP contribution in [0.1, 0.15) is 0 Å². The Bertz CT molecular complexity index is 2090. The van der Waals surface area contributed by atoms with Crippen LogP contribution in [0.5, 0.6) is 0 Å². The molecular weight excluding hydrogens is 478 g/mol. The lowest BCUT2D eigenvalue weighted by Gasteiger charge is -2.25. The van der Waals surface area contributed by atoms with E-state index in [0.717, 1.165) is 44.8 Å². The normalized spacial score (nSPS) is 11.6. The molecular formula is C35H23N3O. The Morgan fingerprint density at radius 3 is 1.95 bits per heavy atom. The highest BCUT2D eigenvalue weighted by atomic mass is 16.3. The van der Waals surface area contributed by atoms with Crippen LogP contribution in [0.3, 0.4) is 0 Å². The summed E-state index contributed by atoms with van der Waals surface area (Å²) in [6.07, 6.45) is 1.87. The van der Waals surface area contributed by atoms with Crippen LogP contribution in [-0.4, -0.2) is 9.55 Å². The fraction of sp³-hybridized carbons (Fsp3) is 0. The Morgan fingerprint density at radius 1 is 0.538 bits per heavy atom. The first-order chi connectivity index (χ1) is 19.4. The van der Waals surface area contributed by atoms with Gasteiger partial charge in [0.2, 0.25) is 0 Å². The third kappa shape index (κ3) is 3.35. The lowest BCUT2D eigenvalue weighted by atomic mass is 10.1. The molecule has 3 aromatic heterocycles. The maximum atomic E-state index is 6.42. The number of anilines is 3. The molecule has 0 bridgehead atoms. The number of pyridine rings is 1. The van der Waals surface area contributed by atoms with Crippen molar-refractivity contribution in [2.24, 2.45) is 0 Å². The van der Waals surface area contributed by atoms with E-state index >= 15 is 0 Å². The summed E-state index contributed by atoms with van der Waals surface area (Å²) in [7, 11) is 0.